The number of ether oxygens (including phenoxy) is 2. The van der Waals surface area contributed by atoms with Crippen LogP contribution >= 0.6 is 0 Å². The van der Waals surface area contributed by atoms with Crippen LogP contribution in [0.5, 0.6) is 0 Å². The van der Waals surface area contributed by atoms with Crippen molar-refractivity contribution in [2.75, 3.05) is 13.2 Å². The minimum Gasteiger partial charge on any atom is -0.440 e. The minimum atomic E-state index is -4.48. The van der Waals surface area contributed by atoms with Crippen molar-refractivity contribution in [1.29, 1.82) is 0 Å². The Hall–Kier alpha value is -0.980. The van der Waals surface area contributed by atoms with Crippen molar-refractivity contribution >= 4 is 6.09 Å². The molecule has 1 aliphatic heterocycles. The summed E-state index contributed by atoms with van der Waals surface area (Å²) in [6, 6.07) is 0. The second kappa shape index (κ2) is 14.1. The summed E-state index contributed by atoms with van der Waals surface area (Å²) in [4.78, 5) is 11.0. The van der Waals surface area contributed by atoms with Gasteiger partial charge in [-0.2, -0.15) is 13.2 Å². The molecular formula is C20H36F3NO3. The van der Waals surface area contributed by atoms with Crippen LogP contribution in [0.3, 0.4) is 0 Å². The highest BCUT2D eigenvalue weighted by atomic mass is 19.4. The lowest BCUT2D eigenvalue weighted by Crippen LogP contribution is -2.29. The normalized spacial score (nSPS) is 19.1. The number of amides is 1. The summed E-state index contributed by atoms with van der Waals surface area (Å²) in [5, 5.41) is 2.33. The Morgan fingerprint density at radius 1 is 0.889 bits per heavy atom. The number of alkyl halides is 3. The van der Waals surface area contributed by atoms with Crippen LogP contribution in [-0.2, 0) is 9.47 Å². The summed E-state index contributed by atoms with van der Waals surface area (Å²) in [7, 11) is 0. The third kappa shape index (κ3) is 14.7. The summed E-state index contributed by atoms with van der Waals surface area (Å²) >= 11 is 0. The van der Waals surface area contributed by atoms with Gasteiger partial charge in [-0.15, -0.1) is 0 Å². The van der Waals surface area contributed by atoms with Gasteiger partial charge >= 0.3 is 12.3 Å². The number of carbonyl (C=O) groups is 1. The van der Waals surface area contributed by atoms with Crippen molar-refractivity contribution in [3.63, 3.8) is 0 Å². The molecule has 0 aliphatic carbocycles. The van der Waals surface area contributed by atoms with Crippen LogP contribution in [0.15, 0.2) is 0 Å². The average molecular weight is 396 g/mol. The molecule has 1 amide bonds. The molecule has 0 aromatic carbocycles. The lowest BCUT2D eigenvalue weighted by molar-refractivity contribution is -0.160. The van der Waals surface area contributed by atoms with Crippen LogP contribution < -0.4 is 5.32 Å². The van der Waals surface area contributed by atoms with Gasteiger partial charge in [0.05, 0.1) is 12.2 Å². The molecule has 0 aromatic heterocycles. The largest absolute Gasteiger partial charge is 0.440 e. The van der Waals surface area contributed by atoms with E-state index in [2.05, 4.69) is 17.0 Å². The molecule has 1 N–H and O–H groups in total. The van der Waals surface area contributed by atoms with Gasteiger partial charge in [-0.3, -0.25) is 0 Å². The number of unbranched alkanes of at least 4 members (excludes halogenated alkanes) is 9. The highest BCUT2D eigenvalue weighted by Gasteiger charge is 2.36. The zero-order valence-electron chi connectivity index (χ0n) is 16.6. The number of epoxide rings is 1. The maximum absolute atomic E-state index is 11.9. The third-order valence-corrected chi connectivity index (χ3v) is 4.83. The molecule has 4 nitrogen and oxygen atoms in total. The van der Waals surface area contributed by atoms with Crippen LogP contribution in [0.25, 0.3) is 0 Å². The molecule has 2 atom stereocenters. The molecule has 1 aliphatic rings. The molecule has 1 rings (SSSR count). The van der Waals surface area contributed by atoms with E-state index in [4.69, 9.17) is 4.74 Å². The SMILES string of the molecule is CCCCCCCCC1OC1CCCCCCCNC(=O)OCC(F)(F)F. The van der Waals surface area contributed by atoms with Gasteiger partial charge in [0.15, 0.2) is 6.61 Å². The topological polar surface area (TPSA) is 50.9 Å². The van der Waals surface area contributed by atoms with Gasteiger partial charge in [0.2, 0.25) is 0 Å². The number of nitrogens with one attached hydrogen (secondary N) is 1. The van der Waals surface area contributed by atoms with Gasteiger partial charge in [-0.1, -0.05) is 71.1 Å². The molecule has 0 bridgehead atoms. The van der Waals surface area contributed by atoms with Crippen molar-refractivity contribution < 1.29 is 27.4 Å². The maximum atomic E-state index is 11.9. The molecule has 0 saturated carbocycles. The van der Waals surface area contributed by atoms with Gasteiger partial charge in [-0.25, -0.2) is 4.79 Å². The van der Waals surface area contributed by atoms with E-state index in [-0.39, 0.29) is 0 Å². The minimum absolute atomic E-state index is 0.350. The number of hydrogen-bond donors (Lipinski definition) is 1. The van der Waals surface area contributed by atoms with E-state index in [0.29, 0.717) is 18.8 Å². The summed E-state index contributed by atoms with van der Waals surface area (Å²) in [5.74, 6) is 0. The summed E-state index contributed by atoms with van der Waals surface area (Å²) in [6.45, 7) is 1.04. The number of halogens is 3. The van der Waals surface area contributed by atoms with E-state index in [9.17, 15) is 18.0 Å². The lowest BCUT2D eigenvalue weighted by atomic mass is 10.0. The number of hydrogen-bond acceptors (Lipinski definition) is 3. The Bertz CT molecular complexity index is 391. The van der Waals surface area contributed by atoms with E-state index in [1.54, 1.807) is 0 Å². The monoisotopic (exact) mass is 395 g/mol. The van der Waals surface area contributed by atoms with Crippen molar-refractivity contribution in [2.24, 2.45) is 0 Å². The van der Waals surface area contributed by atoms with E-state index >= 15 is 0 Å². The molecule has 160 valence electrons. The fraction of sp³-hybridized carbons (Fsp3) is 0.950. The summed E-state index contributed by atoms with van der Waals surface area (Å²) in [5.41, 5.74) is 0. The van der Waals surface area contributed by atoms with Crippen LogP contribution in [0.2, 0.25) is 0 Å². The molecule has 0 aromatic rings. The van der Waals surface area contributed by atoms with Crippen molar-refractivity contribution in [3.05, 3.63) is 0 Å². The predicted molar refractivity (Wildman–Crippen MR) is 99.8 cm³/mol. The second-order valence-electron chi connectivity index (χ2n) is 7.44. The molecule has 2 unspecified atom stereocenters. The standard InChI is InChI=1S/C20H36F3NO3/c1-2-3-4-5-7-10-13-17-18(27-17)14-11-8-6-9-12-15-24-19(25)26-16-20(21,22)23/h17-18H,2-16H2,1H3,(H,24,25). The predicted octanol–water partition coefficient (Wildman–Crippen LogP) is 6.13. The molecular weight excluding hydrogens is 359 g/mol. The fourth-order valence-corrected chi connectivity index (χ4v) is 3.20. The Morgan fingerprint density at radius 3 is 1.96 bits per heavy atom. The summed E-state index contributed by atoms with van der Waals surface area (Å²) in [6.07, 6.45) is 10.8. The highest BCUT2D eigenvalue weighted by molar-refractivity contribution is 5.67. The van der Waals surface area contributed by atoms with Gasteiger partial charge in [0.1, 0.15) is 0 Å². The number of alkyl carbamates (subject to hydrolysis) is 1. The first-order chi connectivity index (χ1) is 12.9. The molecule has 7 heteroatoms. The fourth-order valence-electron chi connectivity index (χ4n) is 3.20. The van der Waals surface area contributed by atoms with Crippen LogP contribution in [0.4, 0.5) is 18.0 Å². The van der Waals surface area contributed by atoms with Gasteiger partial charge in [0.25, 0.3) is 0 Å². The van der Waals surface area contributed by atoms with Crippen molar-refractivity contribution in [1.82, 2.24) is 5.32 Å². The molecule has 1 fully saturated rings. The van der Waals surface area contributed by atoms with E-state index in [1.807, 2.05) is 0 Å². The lowest BCUT2D eigenvalue weighted by Gasteiger charge is -2.08. The molecule has 1 heterocycles. The quantitative estimate of drug-likeness (QED) is 0.252. The third-order valence-electron chi connectivity index (χ3n) is 4.83. The Labute approximate surface area is 161 Å². The van der Waals surface area contributed by atoms with Crippen LogP contribution in [-0.4, -0.2) is 37.6 Å². The molecule has 0 spiro atoms. The average Bonchev–Trinajstić information content (AvgIpc) is 3.36. The molecule has 1 saturated heterocycles. The van der Waals surface area contributed by atoms with Gasteiger partial charge in [-0.05, 0) is 19.3 Å². The number of rotatable bonds is 16. The Balaban J connectivity index is 1.79. The van der Waals surface area contributed by atoms with Crippen LogP contribution in [0, 0.1) is 0 Å². The zero-order valence-corrected chi connectivity index (χ0v) is 16.6. The smallest absolute Gasteiger partial charge is 0.422 e. The van der Waals surface area contributed by atoms with Crippen LogP contribution in [0.1, 0.15) is 90.4 Å². The second-order valence-corrected chi connectivity index (χ2v) is 7.44. The van der Waals surface area contributed by atoms with E-state index < -0.39 is 18.9 Å². The number of carbonyl (C=O) groups excluding carboxylic acids is 1. The Kier molecular flexibility index (Phi) is 12.5. The maximum Gasteiger partial charge on any atom is 0.422 e. The first-order valence-corrected chi connectivity index (χ1v) is 10.5. The Morgan fingerprint density at radius 2 is 1.41 bits per heavy atom. The van der Waals surface area contributed by atoms with E-state index in [0.717, 1.165) is 38.5 Å². The van der Waals surface area contributed by atoms with Crippen molar-refractivity contribution in [2.45, 2.75) is 109 Å². The molecule has 27 heavy (non-hydrogen) atoms. The first-order valence-electron chi connectivity index (χ1n) is 10.5. The van der Waals surface area contributed by atoms with E-state index in [1.165, 1.54) is 44.9 Å². The zero-order chi connectivity index (χ0) is 20.0. The van der Waals surface area contributed by atoms with Gasteiger partial charge < -0.3 is 14.8 Å². The summed E-state index contributed by atoms with van der Waals surface area (Å²) < 4.78 is 45.4. The van der Waals surface area contributed by atoms with Gasteiger partial charge in [0, 0.05) is 6.54 Å². The first kappa shape index (κ1) is 24.1. The molecule has 0 radical (unpaired) electrons. The highest BCUT2D eigenvalue weighted by Crippen LogP contribution is 2.31. The van der Waals surface area contributed by atoms with Crippen molar-refractivity contribution in [3.8, 4) is 0 Å².